The highest BCUT2D eigenvalue weighted by atomic mass is 16.5. The number of benzene rings is 1. The summed E-state index contributed by atoms with van der Waals surface area (Å²) in [5.41, 5.74) is 3.54. The Morgan fingerprint density at radius 3 is 2.95 bits per heavy atom. The predicted molar refractivity (Wildman–Crippen MR) is 78.4 cm³/mol. The van der Waals surface area contributed by atoms with Crippen LogP contribution in [0, 0.1) is 6.92 Å². The first kappa shape index (κ1) is 13.6. The Hall–Kier alpha value is -2.40. The fraction of sp³-hybridized carbons (Fsp3) is 0.250. The summed E-state index contributed by atoms with van der Waals surface area (Å²) in [4.78, 5) is 15.6. The molecular formula is C16H16N2O3. The average molecular weight is 284 g/mol. The smallest absolute Gasteiger partial charge is 0.224 e. The van der Waals surface area contributed by atoms with E-state index in [0.29, 0.717) is 24.5 Å². The number of aliphatic hydroxyl groups excluding tert-OH is 1. The Kier molecular flexibility index (Phi) is 3.58. The van der Waals surface area contributed by atoms with Crippen molar-refractivity contribution < 1.29 is 14.6 Å². The highest BCUT2D eigenvalue weighted by molar-refractivity contribution is 5.94. The highest BCUT2D eigenvalue weighted by Crippen LogP contribution is 2.30. The van der Waals surface area contributed by atoms with Gasteiger partial charge in [0.1, 0.15) is 5.75 Å². The maximum Gasteiger partial charge on any atom is 0.224 e. The van der Waals surface area contributed by atoms with E-state index < -0.39 is 0 Å². The van der Waals surface area contributed by atoms with Crippen LogP contribution in [-0.4, -0.2) is 16.0 Å². The monoisotopic (exact) mass is 284 g/mol. The molecule has 0 unspecified atom stereocenters. The van der Waals surface area contributed by atoms with Crippen molar-refractivity contribution in [3.05, 3.63) is 47.2 Å². The van der Waals surface area contributed by atoms with Gasteiger partial charge >= 0.3 is 0 Å². The normalized spacial score (nSPS) is 13.5. The molecule has 1 aliphatic rings. The highest BCUT2D eigenvalue weighted by Gasteiger charge is 2.15. The molecule has 0 saturated heterocycles. The van der Waals surface area contributed by atoms with Gasteiger partial charge in [-0.2, -0.15) is 0 Å². The van der Waals surface area contributed by atoms with Crippen molar-refractivity contribution in [2.24, 2.45) is 0 Å². The second-order valence-electron chi connectivity index (χ2n) is 5.09. The van der Waals surface area contributed by atoms with E-state index in [1.807, 2.05) is 31.2 Å². The summed E-state index contributed by atoms with van der Waals surface area (Å²) in [7, 11) is 0. The second-order valence-corrected chi connectivity index (χ2v) is 5.09. The van der Waals surface area contributed by atoms with E-state index in [-0.39, 0.29) is 12.5 Å². The van der Waals surface area contributed by atoms with E-state index in [1.165, 1.54) is 0 Å². The van der Waals surface area contributed by atoms with Gasteiger partial charge in [-0.15, -0.1) is 0 Å². The molecule has 21 heavy (non-hydrogen) atoms. The minimum Gasteiger partial charge on any atom is -0.439 e. The largest absolute Gasteiger partial charge is 0.439 e. The number of hydrogen-bond donors (Lipinski definition) is 2. The van der Waals surface area contributed by atoms with Crippen LogP contribution in [0.3, 0.4) is 0 Å². The van der Waals surface area contributed by atoms with Gasteiger partial charge in [0.15, 0.2) is 0 Å². The zero-order chi connectivity index (χ0) is 14.8. The third kappa shape index (κ3) is 2.87. The molecule has 2 N–H and O–H groups in total. The number of ether oxygens (including phenoxy) is 1. The lowest BCUT2D eigenvalue weighted by Crippen LogP contribution is -2.18. The zero-order valence-corrected chi connectivity index (χ0v) is 11.7. The Morgan fingerprint density at radius 1 is 1.33 bits per heavy atom. The van der Waals surface area contributed by atoms with Crippen LogP contribution < -0.4 is 10.1 Å². The van der Waals surface area contributed by atoms with Crippen molar-refractivity contribution in [2.75, 3.05) is 5.32 Å². The Bertz CT molecular complexity index is 698. The molecule has 2 heterocycles. The molecule has 0 spiro atoms. The van der Waals surface area contributed by atoms with Crippen LogP contribution in [0.2, 0.25) is 0 Å². The first-order valence-corrected chi connectivity index (χ1v) is 6.83. The van der Waals surface area contributed by atoms with Gasteiger partial charge in [0.05, 0.1) is 6.61 Å². The zero-order valence-electron chi connectivity index (χ0n) is 11.7. The van der Waals surface area contributed by atoms with E-state index in [4.69, 9.17) is 9.84 Å². The number of carbonyl (C=O) groups is 1. The summed E-state index contributed by atoms with van der Waals surface area (Å²) in [5.74, 6) is 1.26. The molecule has 0 bridgehead atoms. The quantitative estimate of drug-likeness (QED) is 0.908. The molecule has 5 nitrogen and oxygen atoms in total. The number of nitrogens with one attached hydrogen (secondary N) is 1. The SMILES string of the molecule is Cc1cc(CO)cnc1Oc1ccc2c(c1)CCC(=O)N2. The third-order valence-corrected chi connectivity index (χ3v) is 3.46. The van der Waals surface area contributed by atoms with Crippen molar-refractivity contribution in [3.8, 4) is 11.6 Å². The predicted octanol–water partition coefficient (Wildman–Crippen LogP) is 2.56. The van der Waals surface area contributed by atoms with Crippen molar-refractivity contribution in [3.63, 3.8) is 0 Å². The molecule has 108 valence electrons. The van der Waals surface area contributed by atoms with Gasteiger partial charge < -0.3 is 15.2 Å². The fourth-order valence-electron chi connectivity index (χ4n) is 2.35. The van der Waals surface area contributed by atoms with Gasteiger partial charge in [-0.3, -0.25) is 4.79 Å². The lowest BCUT2D eigenvalue weighted by molar-refractivity contribution is -0.116. The summed E-state index contributed by atoms with van der Waals surface area (Å²) in [6.07, 6.45) is 2.81. The average Bonchev–Trinajstić information content (AvgIpc) is 2.49. The standard InChI is InChI=1S/C16H16N2O3/c1-10-6-11(9-19)8-17-16(10)21-13-3-4-14-12(7-13)2-5-15(20)18-14/h3-4,6-8,19H,2,5,9H2,1H3,(H,18,20). The van der Waals surface area contributed by atoms with Gasteiger partial charge in [0.25, 0.3) is 0 Å². The number of carbonyl (C=O) groups excluding carboxylic acids is 1. The number of anilines is 1. The summed E-state index contributed by atoms with van der Waals surface area (Å²) in [5, 5.41) is 11.9. The third-order valence-electron chi connectivity index (χ3n) is 3.46. The summed E-state index contributed by atoms with van der Waals surface area (Å²) >= 11 is 0. The topological polar surface area (TPSA) is 71.5 Å². The first-order valence-electron chi connectivity index (χ1n) is 6.83. The summed E-state index contributed by atoms with van der Waals surface area (Å²) in [6, 6.07) is 7.43. The number of fused-ring (bicyclic) bond motifs is 1. The van der Waals surface area contributed by atoms with Crippen LogP contribution in [0.5, 0.6) is 11.6 Å². The molecule has 1 aromatic heterocycles. The molecule has 0 fully saturated rings. The molecule has 0 saturated carbocycles. The van der Waals surface area contributed by atoms with E-state index in [0.717, 1.165) is 22.4 Å². The number of hydrogen-bond acceptors (Lipinski definition) is 4. The number of aromatic nitrogens is 1. The molecule has 3 rings (SSSR count). The molecule has 1 amide bonds. The Labute approximate surface area is 122 Å². The number of amides is 1. The summed E-state index contributed by atoms with van der Waals surface area (Å²) in [6.45, 7) is 1.85. The van der Waals surface area contributed by atoms with Gasteiger partial charge in [0.2, 0.25) is 11.8 Å². The molecule has 2 aromatic rings. The van der Waals surface area contributed by atoms with Gasteiger partial charge in [0, 0.05) is 23.9 Å². The van der Waals surface area contributed by atoms with Crippen LogP contribution >= 0.6 is 0 Å². The van der Waals surface area contributed by atoms with Crippen LogP contribution in [0.15, 0.2) is 30.5 Å². The van der Waals surface area contributed by atoms with Crippen LogP contribution in [-0.2, 0) is 17.8 Å². The number of nitrogens with zero attached hydrogens (tertiary/aromatic N) is 1. The van der Waals surface area contributed by atoms with Gasteiger partial charge in [-0.25, -0.2) is 4.98 Å². The first-order chi connectivity index (χ1) is 10.2. The fourth-order valence-corrected chi connectivity index (χ4v) is 2.35. The van der Waals surface area contributed by atoms with Crippen molar-refractivity contribution in [1.82, 2.24) is 4.98 Å². The molecule has 1 aliphatic heterocycles. The van der Waals surface area contributed by atoms with E-state index >= 15 is 0 Å². The van der Waals surface area contributed by atoms with Gasteiger partial charge in [-0.05, 0) is 48.7 Å². The molecular weight excluding hydrogens is 268 g/mol. The lowest BCUT2D eigenvalue weighted by atomic mass is 10.0. The minimum absolute atomic E-state index is 0.0351. The number of aliphatic hydroxyl groups is 1. The molecule has 5 heteroatoms. The maximum atomic E-state index is 11.3. The van der Waals surface area contributed by atoms with Crippen LogP contribution in [0.1, 0.15) is 23.1 Å². The van der Waals surface area contributed by atoms with E-state index in [1.54, 1.807) is 6.20 Å². The Morgan fingerprint density at radius 2 is 2.19 bits per heavy atom. The number of rotatable bonds is 3. The van der Waals surface area contributed by atoms with Crippen molar-refractivity contribution in [1.29, 1.82) is 0 Å². The van der Waals surface area contributed by atoms with Crippen LogP contribution in [0.4, 0.5) is 5.69 Å². The molecule has 1 aromatic carbocycles. The maximum absolute atomic E-state index is 11.3. The Balaban J connectivity index is 1.84. The number of aryl methyl sites for hydroxylation is 2. The van der Waals surface area contributed by atoms with E-state index in [9.17, 15) is 4.79 Å². The summed E-state index contributed by atoms with van der Waals surface area (Å²) < 4.78 is 5.80. The minimum atomic E-state index is -0.0351. The molecule has 0 atom stereocenters. The molecule has 0 aliphatic carbocycles. The van der Waals surface area contributed by atoms with Gasteiger partial charge in [-0.1, -0.05) is 0 Å². The number of pyridine rings is 1. The van der Waals surface area contributed by atoms with Crippen molar-refractivity contribution in [2.45, 2.75) is 26.4 Å². The van der Waals surface area contributed by atoms with Crippen LogP contribution in [0.25, 0.3) is 0 Å². The second kappa shape index (κ2) is 5.54. The molecule has 0 radical (unpaired) electrons. The lowest BCUT2D eigenvalue weighted by Gasteiger charge is -2.17. The van der Waals surface area contributed by atoms with E-state index in [2.05, 4.69) is 10.3 Å². The van der Waals surface area contributed by atoms with Crippen molar-refractivity contribution >= 4 is 11.6 Å².